The molecule has 2 amide bonds. The Bertz CT molecular complexity index is 2080. The van der Waals surface area contributed by atoms with Gasteiger partial charge in [-0.25, -0.2) is 50.4 Å². The van der Waals surface area contributed by atoms with Crippen LogP contribution in [0.1, 0.15) is 18.0 Å². The van der Waals surface area contributed by atoms with Gasteiger partial charge in [-0.2, -0.15) is 0 Å². The number of ether oxygens (including phenoxy) is 1. The summed E-state index contributed by atoms with van der Waals surface area (Å²) in [5.74, 6) is -16.8. The molecular weight excluding hydrogens is 654 g/mol. The molecule has 2 fully saturated rings. The highest BCUT2D eigenvalue weighted by Gasteiger charge is 2.76. The van der Waals surface area contributed by atoms with E-state index < -0.39 is 86.1 Å². The second kappa shape index (κ2) is 9.33. The number of phenolic OH excluding ortho intramolecular Hbond substituents is 1. The number of hydrogen-bond acceptors (Lipinski definition) is 6. The molecule has 4 atom stereocenters. The monoisotopic (exact) mass is 670 g/mol. The number of phenols is 1. The second-order valence-electron chi connectivity index (χ2n) is 11.1. The predicted octanol–water partition coefficient (Wildman–Crippen LogP) is 3.30. The largest absolute Gasteiger partial charge is 0.508 e. The van der Waals surface area contributed by atoms with Crippen LogP contribution in [0.15, 0.2) is 51.3 Å². The minimum atomic E-state index is -2.68. The third-order valence-electron chi connectivity index (χ3n) is 8.83. The molecule has 2 aromatic carbocycles. The highest BCUT2D eigenvalue weighted by molar-refractivity contribution is 6.58. The molecule has 0 spiro atoms. The highest BCUT2D eigenvalue weighted by atomic mass is 35.5. The van der Waals surface area contributed by atoms with Crippen LogP contribution in [-0.2, 0) is 29.6 Å². The van der Waals surface area contributed by atoms with E-state index in [9.17, 15) is 37.5 Å². The van der Waals surface area contributed by atoms with Crippen LogP contribution in [-0.4, -0.2) is 40.6 Å². The Hall–Kier alpha value is -4.37. The second-order valence-corrected chi connectivity index (χ2v) is 12.3. The molecule has 1 saturated carbocycles. The predicted molar refractivity (Wildman–Crippen MR) is 146 cm³/mol. The third-order valence-corrected chi connectivity index (χ3v) is 10.2. The first-order valence-corrected chi connectivity index (χ1v) is 13.9. The zero-order valence-corrected chi connectivity index (χ0v) is 24.1. The quantitative estimate of drug-likeness (QED) is 0.112. The van der Waals surface area contributed by atoms with Crippen molar-refractivity contribution in [2.75, 3.05) is 4.90 Å². The smallest absolute Gasteiger partial charge is 0.347 e. The number of nitrogens with zero attached hydrogens (tertiary/aromatic N) is 4. The van der Waals surface area contributed by atoms with Crippen molar-refractivity contribution in [2.24, 2.45) is 13.0 Å². The summed E-state index contributed by atoms with van der Waals surface area (Å²) in [5.41, 5.74) is -2.66. The van der Waals surface area contributed by atoms with Crippen LogP contribution in [0.5, 0.6) is 11.5 Å². The molecule has 17 heteroatoms. The van der Waals surface area contributed by atoms with Crippen LogP contribution in [0.2, 0.25) is 0 Å². The van der Waals surface area contributed by atoms with E-state index in [0.29, 0.717) is 11.3 Å². The number of aromatic nitrogens is 3. The van der Waals surface area contributed by atoms with Crippen molar-refractivity contribution in [3.63, 3.8) is 0 Å². The number of rotatable bonds is 2. The summed E-state index contributed by atoms with van der Waals surface area (Å²) < 4.78 is 81.2. The molecule has 4 heterocycles. The van der Waals surface area contributed by atoms with Gasteiger partial charge in [0.15, 0.2) is 33.0 Å². The summed E-state index contributed by atoms with van der Waals surface area (Å²) >= 11 is 14.1. The molecule has 4 aliphatic rings. The fraction of sp³-hybridized carbons (Fsp3) is 0.286. The lowest BCUT2D eigenvalue weighted by Crippen LogP contribution is -2.61. The summed E-state index contributed by atoms with van der Waals surface area (Å²) in [7, 11) is 1.21. The van der Waals surface area contributed by atoms with Gasteiger partial charge >= 0.3 is 11.4 Å². The number of amides is 2. The Balaban J connectivity index is 1.48. The summed E-state index contributed by atoms with van der Waals surface area (Å²) in [5, 5.41) is 10.1. The highest BCUT2D eigenvalue weighted by Crippen LogP contribution is 2.63. The number of hydrogen-bond donors (Lipinski definition) is 1. The average molecular weight is 671 g/mol. The number of benzene rings is 2. The molecule has 3 aromatic rings. The van der Waals surface area contributed by atoms with Crippen LogP contribution in [0.25, 0.3) is 0 Å². The van der Waals surface area contributed by atoms with E-state index in [2.05, 4.69) is 0 Å². The van der Waals surface area contributed by atoms with Crippen LogP contribution in [0, 0.1) is 35.0 Å². The number of carbonyl (C=O) groups excluding carboxylic acids is 2. The molecule has 0 unspecified atom stereocenters. The molecule has 7 rings (SSSR count). The molecule has 3 aliphatic heterocycles. The molecular formula is C28H17Cl2F5N4O6. The van der Waals surface area contributed by atoms with Crippen LogP contribution in [0.4, 0.5) is 27.6 Å². The fourth-order valence-corrected chi connectivity index (χ4v) is 7.68. The summed E-state index contributed by atoms with van der Waals surface area (Å²) in [6.45, 7) is -0.200. The maximum absolute atomic E-state index is 15.1. The molecule has 1 saturated heterocycles. The lowest BCUT2D eigenvalue weighted by Gasteiger charge is -2.49. The number of anilines is 1. The lowest BCUT2D eigenvalue weighted by molar-refractivity contribution is -0.122. The van der Waals surface area contributed by atoms with Crippen molar-refractivity contribution in [1.82, 2.24) is 13.9 Å². The van der Waals surface area contributed by atoms with Gasteiger partial charge in [-0.1, -0.05) is 6.08 Å². The van der Waals surface area contributed by atoms with E-state index in [1.54, 1.807) is 0 Å². The average Bonchev–Trinajstić information content (AvgIpc) is 3.32. The summed E-state index contributed by atoms with van der Waals surface area (Å²) in [6, 6.07) is 2.93. The van der Waals surface area contributed by atoms with Gasteiger partial charge in [0, 0.05) is 31.4 Å². The van der Waals surface area contributed by atoms with Gasteiger partial charge in [-0.05, 0) is 29.3 Å². The molecule has 0 bridgehead atoms. The molecule has 1 aliphatic carbocycles. The number of alkyl halides is 2. The zero-order valence-electron chi connectivity index (χ0n) is 22.6. The van der Waals surface area contributed by atoms with Crippen molar-refractivity contribution in [3.05, 3.63) is 97.3 Å². The van der Waals surface area contributed by atoms with E-state index in [1.807, 2.05) is 0 Å². The van der Waals surface area contributed by atoms with Gasteiger partial charge in [0.1, 0.15) is 17.2 Å². The zero-order chi connectivity index (χ0) is 32.5. The first kappa shape index (κ1) is 29.3. The van der Waals surface area contributed by atoms with Crippen molar-refractivity contribution < 1.29 is 41.4 Å². The van der Waals surface area contributed by atoms with Crippen molar-refractivity contribution in [3.8, 4) is 11.5 Å². The lowest BCUT2D eigenvalue weighted by atomic mass is 9.63. The maximum atomic E-state index is 15.1. The number of fused-ring (bicyclic) bond motifs is 5. The maximum Gasteiger partial charge on any atom is 0.347 e. The standard InChI is InChI=1S/C28H17Cl2F5N4O6/c1-36-25(43)37-5-4-13-14(39(37)26(36)44)8-27(29)23(41)38(22-20(34)18(32)17(31)19(33)21(22)35)24(42)28(27,30)16(13)11-6-10-7-12(40)2-3-15(10)45-9-11/h2-4,7,9,14,16,40H,5-6,8H2,1H3/t14-,16+,27-,28+/m1/s1. The van der Waals surface area contributed by atoms with Crippen LogP contribution >= 0.6 is 23.2 Å². The van der Waals surface area contributed by atoms with Gasteiger partial charge in [-0.15, -0.1) is 23.2 Å². The van der Waals surface area contributed by atoms with Gasteiger partial charge in [0.05, 0.1) is 18.8 Å². The van der Waals surface area contributed by atoms with Crippen LogP contribution in [0.3, 0.4) is 0 Å². The van der Waals surface area contributed by atoms with E-state index in [-0.39, 0.29) is 34.8 Å². The first-order valence-electron chi connectivity index (χ1n) is 13.2. The van der Waals surface area contributed by atoms with Crippen molar-refractivity contribution in [2.45, 2.75) is 35.2 Å². The summed E-state index contributed by atoms with van der Waals surface area (Å²) in [6.07, 6.45) is 1.89. The van der Waals surface area contributed by atoms with E-state index in [0.717, 1.165) is 13.9 Å². The van der Waals surface area contributed by atoms with E-state index in [4.69, 9.17) is 27.9 Å². The minimum Gasteiger partial charge on any atom is -0.508 e. The summed E-state index contributed by atoms with van der Waals surface area (Å²) in [4.78, 5) is 48.7. The van der Waals surface area contributed by atoms with Gasteiger partial charge < -0.3 is 9.84 Å². The molecule has 45 heavy (non-hydrogen) atoms. The van der Waals surface area contributed by atoms with Crippen LogP contribution < -0.4 is 21.0 Å². The molecule has 1 N–H and O–H groups in total. The first-order chi connectivity index (χ1) is 21.1. The Morgan fingerprint density at radius 3 is 2.24 bits per heavy atom. The third kappa shape index (κ3) is 3.50. The number of carbonyl (C=O) groups is 2. The minimum absolute atomic E-state index is 0.0829. The topological polar surface area (TPSA) is 116 Å². The number of halogens is 7. The fourth-order valence-electron chi connectivity index (χ4n) is 6.75. The molecule has 1 aromatic heterocycles. The molecule has 234 valence electrons. The van der Waals surface area contributed by atoms with Gasteiger partial charge in [0.25, 0.3) is 11.8 Å². The SMILES string of the molecule is Cn1c(=O)n2n(c1=O)[C@@H]1C[C@@]3(Cl)C(=O)N(c4c(F)c(F)c(F)c(F)c4F)C(=O)[C@@]3(Cl)[C@@H](C3=COc4ccc(O)cc4C3)C1=CC2. The Morgan fingerprint density at radius 2 is 1.58 bits per heavy atom. The van der Waals surface area contributed by atoms with E-state index in [1.165, 1.54) is 37.6 Å². The number of allylic oxidation sites excluding steroid dienone is 3. The van der Waals surface area contributed by atoms with E-state index >= 15 is 8.78 Å². The Morgan fingerprint density at radius 1 is 0.933 bits per heavy atom. The van der Waals surface area contributed by atoms with Gasteiger partial charge in [-0.3, -0.25) is 9.59 Å². The molecule has 0 radical (unpaired) electrons. The number of aromatic hydroxyl groups is 1. The van der Waals surface area contributed by atoms with Crippen molar-refractivity contribution in [1.29, 1.82) is 0 Å². The molecule has 10 nitrogen and oxygen atoms in total. The Kier molecular flexibility index (Phi) is 6.08. The van der Waals surface area contributed by atoms with Crippen molar-refractivity contribution >= 4 is 40.7 Å². The number of imide groups is 1. The Labute approximate surface area is 257 Å². The normalized spacial score (nSPS) is 26.9. The van der Waals surface area contributed by atoms with Gasteiger partial charge in [0.2, 0.25) is 5.82 Å².